The minimum absolute atomic E-state index is 0.459. The fraction of sp³-hybridized carbons (Fsp3) is 0.667. The molecule has 2 nitrogen and oxygen atoms in total. The molecule has 1 heterocycles. The zero-order valence-electron chi connectivity index (χ0n) is 9.29. The Kier molecular flexibility index (Phi) is 4.42. The first-order valence-corrected chi connectivity index (χ1v) is 6.76. The van der Waals surface area contributed by atoms with Gasteiger partial charge in [0.1, 0.15) is 11.0 Å². The maximum atomic E-state index is 5.92. The lowest BCUT2D eigenvalue weighted by Gasteiger charge is -2.17. The maximum Gasteiger partial charge on any atom is 0.322 e. The Morgan fingerprint density at radius 1 is 1.06 bits per heavy atom. The van der Waals surface area contributed by atoms with Crippen LogP contribution in [0.15, 0.2) is 6.07 Å². The van der Waals surface area contributed by atoms with E-state index in [4.69, 9.17) is 23.2 Å². The summed E-state index contributed by atoms with van der Waals surface area (Å²) in [6.45, 7) is 0. The van der Waals surface area contributed by atoms with Crippen LogP contribution in [0.25, 0.3) is 0 Å². The molecule has 0 amide bonds. The predicted molar refractivity (Wildman–Crippen MR) is 62.7 cm³/mol. The molecule has 1 aromatic heterocycles. The summed E-state index contributed by atoms with van der Waals surface area (Å²) in [6, 6.07) is 1.64. The normalized spacial score (nSPS) is 19.1. The smallest absolute Gasteiger partial charge is 0.220 e. The zero-order chi connectivity index (χ0) is 11.4. The molecule has 1 aromatic rings. The topological polar surface area (TPSA) is 25.8 Å². The lowest BCUT2D eigenvalue weighted by molar-refractivity contribution is -0.296. The summed E-state index contributed by atoms with van der Waals surface area (Å²) >= 11 is 11.0. The summed E-state index contributed by atoms with van der Waals surface area (Å²) < 4.78 is 0. The van der Waals surface area contributed by atoms with Crippen LogP contribution >= 0.6 is 11.6 Å². The van der Waals surface area contributed by atoms with Gasteiger partial charge in [-0.25, -0.2) is 4.98 Å². The van der Waals surface area contributed by atoms with Gasteiger partial charge in [-0.3, -0.25) is 0 Å². The van der Waals surface area contributed by atoms with Gasteiger partial charge in [0.2, 0.25) is 0 Å². The van der Waals surface area contributed by atoms with Crippen LogP contribution in [0.3, 0.4) is 0 Å². The van der Waals surface area contributed by atoms with Crippen LogP contribution in [0.5, 0.6) is 0 Å². The molecule has 0 atom stereocenters. The molecule has 16 heavy (non-hydrogen) atoms. The van der Waals surface area contributed by atoms with Crippen LogP contribution < -0.4 is 0 Å². The van der Waals surface area contributed by atoms with E-state index < -0.39 is 0 Å². The molecule has 0 aromatic carbocycles. The van der Waals surface area contributed by atoms with Gasteiger partial charge in [-0.15, -0.1) is 0 Å². The fourth-order valence-corrected chi connectivity index (χ4v) is 2.77. The van der Waals surface area contributed by atoms with Gasteiger partial charge in [-0.05, 0) is 12.8 Å². The van der Waals surface area contributed by atoms with Crippen LogP contribution in [0.4, 0.5) is 0 Å². The first-order chi connectivity index (χ1) is 7.75. The van der Waals surface area contributed by atoms with Crippen LogP contribution in [-0.2, 0) is 0 Å². The molecule has 1 aliphatic rings. The highest BCUT2D eigenvalue weighted by molar-refractivity contribution is 6.29. The quantitative estimate of drug-likeness (QED) is 0.720. The molecule has 0 bridgehead atoms. The minimum atomic E-state index is 0.459. The molecule has 1 saturated carbocycles. The van der Waals surface area contributed by atoms with Crippen LogP contribution in [0, 0.1) is 11.6 Å². The van der Waals surface area contributed by atoms with Crippen molar-refractivity contribution >= 4 is 11.6 Å². The van der Waals surface area contributed by atoms with Crippen molar-refractivity contribution < 1.29 is 11.6 Å². The molecule has 2 rings (SSSR count). The second-order valence-electron chi connectivity index (χ2n) is 4.43. The van der Waals surface area contributed by atoms with Crippen molar-refractivity contribution in [2.75, 3.05) is 0 Å². The number of halogens is 2. The Hall–Kier alpha value is -0.340. The zero-order valence-corrected chi connectivity index (χ0v) is 10.9. The van der Waals surface area contributed by atoms with E-state index in [1.165, 1.54) is 44.9 Å². The largest absolute Gasteiger partial charge is 0.322 e. The third-order valence-electron chi connectivity index (χ3n) is 3.16. The van der Waals surface area contributed by atoms with E-state index in [2.05, 4.69) is 9.97 Å². The summed E-state index contributed by atoms with van der Waals surface area (Å²) in [6.07, 6.45) is 8.93. The van der Waals surface area contributed by atoms with Crippen molar-refractivity contribution in [2.24, 2.45) is 0 Å². The van der Waals surface area contributed by atoms with Gasteiger partial charge < -0.3 is 0 Å². The highest BCUT2D eigenvalue weighted by Gasteiger charge is 2.18. The second-order valence-corrected chi connectivity index (χ2v) is 5.23. The van der Waals surface area contributed by atoms with Crippen molar-refractivity contribution in [3.63, 3.8) is 0 Å². The van der Waals surface area contributed by atoms with E-state index in [9.17, 15) is 0 Å². The lowest BCUT2D eigenvalue weighted by atomic mass is 9.90. The summed E-state index contributed by atoms with van der Waals surface area (Å²) in [5.74, 6) is 1.32. The van der Waals surface area contributed by atoms with Crippen LogP contribution in [0.1, 0.15) is 56.7 Å². The molecule has 0 radical (unpaired) electrons. The molecular formula is C12H17Cl2N2+. The van der Waals surface area contributed by atoms with Crippen LogP contribution in [-0.4, -0.2) is 9.97 Å². The standard InChI is InChI=1S/C12H17Cl2N2/c13-10-8-11(14)16-12(15-10)9-6-4-2-1-3-5-7-9/h8-9,13H,1-7H2/q+1. The van der Waals surface area contributed by atoms with E-state index in [0.717, 1.165) is 5.82 Å². The minimum Gasteiger partial charge on any atom is -0.220 e. The summed E-state index contributed by atoms with van der Waals surface area (Å²) in [5.41, 5.74) is 0. The molecule has 1 fully saturated rings. The first-order valence-electron chi connectivity index (χ1n) is 5.97. The van der Waals surface area contributed by atoms with E-state index in [1.807, 2.05) is 0 Å². The molecule has 0 unspecified atom stereocenters. The Morgan fingerprint density at radius 3 is 2.31 bits per heavy atom. The highest BCUT2D eigenvalue weighted by atomic mass is 35.5. The fourth-order valence-electron chi connectivity index (χ4n) is 2.31. The van der Waals surface area contributed by atoms with Crippen molar-refractivity contribution in [1.29, 1.82) is 0 Å². The number of aromatic nitrogens is 2. The SMILES string of the molecule is Clc1cc([ClH+])nc(C2CCCCCCC2)n1. The monoisotopic (exact) mass is 259 g/mol. The van der Waals surface area contributed by atoms with Gasteiger partial charge in [0.05, 0.1) is 6.07 Å². The maximum absolute atomic E-state index is 5.92. The summed E-state index contributed by atoms with van der Waals surface area (Å²) in [7, 11) is 0. The van der Waals surface area contributed by atoms with Gasteiger partial charge in [0.15, 0.2) is 11.6 Å². The van der Waals surface area contributed by atoms with Gasteiger partial charge in [-0.1, -0.05) is 43.7 Å². The number of nitrogens with zero attached hydrogens (tertiary/aromatic N) is 2. The lowest BCUT2D eigenvalue weighted by Crippen LogP contribution is -2.07. The summed E-state index contributed by atoms with van der Waals surface area (Å²) in [5, 5.41) is 1.05. The average Bonchev–Trinajstić information content (AvgIpc) is 2.14. The van der Waals surface area contributed by atoms with Crippen molar-refractivity contribution in [3.8, 4) is 0 Å². The Morgan fingerprint density at radius 2 is 1.69 bits per heavy atom. The molecule has 0 N–H and O–H groups in total. The van der Waals surface area contributed by atoms with E-state index in [1.54, 1.807) is 6.07 Å². The molecule has 0 spiro atoms. The van der Waals surface area contributed by atoms with Gasteiger partial charge >= 0.3 is 5.15 Å². The molecule has 1 aliphatic carbocycles. The number of hydrogen-bond acceptors (Lipinski definition) is 2. The first kappa shape index (κ1) is 12.1. The Balaban J connectivity index is 2.13. The average molecular weight is 260 g/mol. The van der Waals surface area contributed by atoms with Crippen LogP contribution in [0.2, 0.25) is 10.3 Å². The van der Waals surface area contributed by atoms with Crippen molar-refractivity contribution in [3.05, 3.63) is 22.2 Å². The van der Waals surface area contributed by atoms with Gasteiger partial charge in [-0.2, -0.15) is 4.98 Å². The molecule has 4 heteroatoms. The Bertz CT molecular complexity index is 327. The van der Waals surface area contributed by atoms with Gasteiger partial charge in [0, 0.05) is 5.92 Å². The van der Waals surface area contributed by atoms with Crippen molar-refractivity contribution in [2.45, 2.75) is 50.9 Å². The molecule has 88 valence electrons. The van der Waals surface area contributed by atoms with E-state index in [-0.39, 0.29) is 0 Å². The summed E-state index contributed by atoms with van der Waals surface area (Å²) in [4.78, 5) is 8.67. The second kappa shape index (κ2) is 5.83. The Labute approximate surface area is 106 Å². The molecule has 0 saturated heterocycles. The number of hydrogen-bond donors (Lipinski definition) is 0. The number of rotatable bonds is 1. The van der Waals surface area contributed by atoms with Crippen molar-refractivity contribution in [1.82, 2.24) is 9.97 Å². The molecular weight excluding hydrogens is 243 g/mol. The van der Waals surface area contributed by atoms with E-state index in [0.29, 0.717) is 16.2 Å². The highest BCUT2D eigenvalue weighted by Crippen LogP contribution is 2.29. The third-order valence-corrected chi connectivity index (χ3v) is 3.56. The third kappa shape index (κ3) is 3.33. The molecule has 0 aliphatic heterocycles. The van der Waals surface area contributed by atoms with E-state index >= 15 is 0 Å². The predicted octanol–water partition coefficient (Wildman–Crippen LogP) is 3.65. The van der Waals surface area contributed by atoms with Gasteiger partial charge in [0.25, 0.3) is 0 Å².